The molecule has 0 amide bonds. The predicted molar refractivity (Wildman–Crippen MR) is 76.1 cm³/mol. The average Bonchev–Trinajstić information content (AvgIpc) is 2.32. The van der Waals surface area contributed by atoms with Gasteiger partial charge < -0.3 is 5.73 Å². The van der Waals surface area contributed by atoms with Gasteiger partial charge in [0, 0.05) is 0 Å². The highest BCUT2D eigenvalue weighted by molar-refractivity contribution is 7.92. The Morgan fingerprint density at radius 3 is 2.61 bits per heavy atom. The number of anilines is 1. The fraction of sp³-hybridized carbons (Fsp3) is 0.538. The van der Waals surface area contributed by atoms with Gasteiger partial charge in [-0.25, -0.2) is 8.42 Å². The summed E-state index contributed by atoms with van der Waals surface area (Å²) in [6.45, 7) is 2.61. The van der Waals surface area contributed by atoms with Crippen LogP contribution in [0.3, 0.4) is 0 Å². The average molecular weight is 270 g/mol. The number of aryl methyl sites for hydroxylation is 1. The Labute approximate surface area is 110 Å². The molecule has 102 valence electrons. The molecule has 0 bridgehead atoms. The molecule has 0 aliphatic heterocycles. The number of hydrogen-bond donors (Lipinski definition) is 2. The van der Waals surface area contributed by atoms with Crippen molar-refractivity contribution in [3.05, 3.63) is 29.8 Å². The van der Waals surface area contributed by atoms with Crippen LogP contribution in [0.5, 0.6) is 0 Å². The first-order valence-electron chi connectivity index (χ1n) is 6.37. The number of nitrogens with two attached hydrogens (primary N) is 1. The normalized spacial score (nSPS) is 11.4. The van der Waals surface area contributed by atoms with Crippen LogP contribution in [0.4, 0.5) is 5.69 Å². The molecule has 0 saturated heterocycles. The minimum Gasteiger partial charge on any atom is -0.330 e. The highest BCUT2D eigenvalue weighted by Gasteiger charge is 2.11. The zero-order chi connectivity index (χ0) is 13.4. The zero-order valence-corrected chi connectivity index (χ0v) is 11.7. The van der Waals surface area contributed by atoms with E-state index in [1.807, 2.05) is 24.3 Å². The lowest BCUT2D eigenvalue weighted by molar-refractivity contribution is 0.597. The molecule has 0 aromatic heterocycles. The Morgan fingerprint density at radius 2 is 1.94 bits per heavy atom. The largest absolute Gasteiger partial charge is 0.330 e. The van der Waals surface area contributed by atoms with Gasteiger partial charge in [-0.3, -0.25) is 4.72 Å². The quantitative estimate of drug-likeness (QED) is 0.711. The summed E-state index contributed by atoms with van der Waals surface area (Å²) in [5.74, 6) is 0.130. The summed E-state index contributed by atoms with van der Waals surface area (Å²) in [5.41, 5.74) is 7.10. The second-order valence-corrected chi connectivity index (χ2v) is 6.17. The van der Waals surface area contributed by atoms with Crippen molar-refractivity contribution in [2.24, 2.45) is 5.73 Å². The molecule has 4 nitrogen and oxygen atoms in total. The lowest BCUT2D eigenvalue weighted by Gasteiger charge is -2.11. The number of hydrogen-bond acceptors (Lipinski definition) is 3. The van der Waals surface area contributed by atoms with E-state index < -0.39 is 10.0 Å². The summed E-state index contributed by atoms with van der Waals surface area (Å²) in [6, 6.07) is 7.54. The van der Waals surface area contributed by atoms with Crippen LogP contribution in [-0.4, -0.2) is 20.7 Å². The molecule has 0 aliphatic carbocycles. The van der Waals surface area contributed by atoms with Crippen molar-refractivity contribution < 1.29 is 8.42 Å². The van der Waals surface area contributed by atoms with Gasteiger partial charge in [0.2, 0.25) is 10.0 Å². The van der Waals surface area contributed by atoms with Crippen molar-refractivity contribution >= 4 is 15.7 Å². The number of sulfonamides is 1. The molecule has 0 unspecified atom stereocenters. The van der Waals surface area contributed by atoms with E-state index in [-0.39, 0.29) is 5.75 Å². The van der Waals surface area contributed by atoms with Gasteiger partial charge in [0.15, 0.2) is 0 Å². The molecule has 0 atom stereocenters. The van der Waals surface area contributed by atoms with E-state index in [9.17, 15) is 8.42 Å². The maximum Gasteiger partial charge on any atom is 0.232 e. The SMILES string of the molecule is CCCc1ccccc1NS(=O)(=O)CCCCN. The van der Waals surface area contributed by atoms with Gasteiger partial charge in [0.05, 0.1) is 11.4 Å². The smallest absolute Gasteiger partial charge is 0.232 e. The van der Waals surface area contributed by atoms with E-state index in [0.29, 0.717) is 18.7 Å². The molecule has 5 heteroatoms. The number of para-hydroxylation sites is 1. The molecule has 0 spiro atoms. The van der Waals surface area contributed by atoms with Crippen LogP contribution in [0, 0.1) is 0 Å². The third-order valence-corrected chi connectivity index (χ3v) is 4.03. The molecule has 1 aromatic carbocycles. The first-order chi connectivity index (χ1) is 8.59. The van der Waals surface area contributed by atoms with Crippen molar-refractivity contribution in [2.45, 2.75) is 32.6 Å². The van der Waals surface area contributed by atoms with Gasteiger partial charge in [-0.05, 0) is 37.4 Å². The Bertz CT molecular complexity index is 458. The predicted octanol–water partition coefficient (Wildman–Crippen LogP) is 2.12. The van der Waals surface area contributed by atoms with E-state index in [0.717, 1.165) is 24.8 Å². The lowest BCUT2D eigenvalue weighted by atomic mass is 10.1. The second-order valence-electron chi connectivity index (χ2n) is 4.32. The number of unbranched alkanes of at least 4 members (excludes halogenated alkanes) is 1. The summed E-state index contributed by atoms with van der Waals surface area (Å²) >= 11 is 0. The minimum atomic E-state index is -3.25. The third kappa shape index (κ3) is 5.06. The Morgan fingerprint density at radius 1 is 1.22 bits per heavy atom. The molecule has 0 heterocycles. The first kappa shape index (κ1) is 15.0. The van der Waals surface area contributed by atoms with Crippen LogP contribution in [-0.2, 0) is 16.4 Å². The van der Waals surface area contributed by atoms with Crippen LogP contribution in [0.15, 0.2) is 24.3 Å². The van der Waals surface area contributed by atoms with Crippen LogP contribution < -0.4 is 10.5 Å². The lowest BCUT2D eigenvalue weighted by Crippen LogP contribution is -2.18. The van der Waals surface area contributed by atoms with Crippen molar-refractivity contribution in [3.63, 3.8) is 0 Å². The molecular weight excluding hydrogens is 248 g/mol. The van der Waals surface area contributed by atoms with E-state index in [1.165, 1.54) is 0 Å². The van der Waals surface area contributed by atoms with Gasteiger partial charge in [-0.2, -0.15) is 0 Å². The number of rotatable bonds is 8. The van der Waals surface area contributed by atoms with E-state index in [2.05, 4.69) is 11.6 Å². The van der Waals surface area contributed by atoms with Crippen LogP contribution in [0.2, 0.25) is 0 Å². The molecule has 0 fully saturated rings. The van der Waals surface area contributed by atoms with Gasteiger partial charge in [0.1, 0.15) is 0 Å². The Hall–Kier alpha value is -1.07. The van der Waals surface area contributed by atoms with Crippen molar-refractivity contribution in [3.8, 4) is 0 Å². The standard InChI is InChI=1S/C13H22N2O2S/c1-2-7-12-8-3-4-9-13(12)15-18(16,17)11-6-5-10-14/h3-4,8-9,15H,2,5-7,10-11,14H2,1H3. The molecule has 18 heavy (non-hydrogen) atoms. The molecule has 0 aliphatic rings. The molecular formula is C13H22N2O2S. The van der Waals surface area contributed by atoms with Crippen molar-refractivity contribution in [1.29, 1.82) is 0 Å². The van der Waals surface area contributed by atoms with Crippen LogP contribution in [0.25, 0.3) is 0 Å². The maximum atomic E-state index is 11.9. The fourth-order valence-electron chi connectivity index (χ4n) is 1.76. The Balaban J connectivity index is 2.71. The first-order valence-corrected chi connectivity index (χ1v) is 8.02. The molecule has 3 N–H and O–H groups in total. The summed E-state index contributed by atoms with van der Waals surface area (Å²) in [5, 5.41) is 0. The topological polar surface area (TPSA) is 72.2 Å². The zero-order valence-electron chi connectivity index (χ0n) is 10.9. The van der Waals surface area contributed by atoms with Crippen LogP contribution in [0.1, 0.15) is 31.7 Å². The molecule has 1 rings (SSSR count). The number of benzene rings is 1. The summed E-state index contributed by atoms with van der Waals surface area (Å²) in [6.07, 6.45) is 3.20. The van der Waals surface area contributed by atoms with Gasteiger partial charge >= 0.3 is 0 Å². The summed E-state index contributed by atoms with van der Waals surface area (Å²) in [4.78, 5) is 0. The van der Waals surface area contributed by atoms with Gasteiger partial charge in [-0.1, -0.05) is 31.5 Å². The fourth-order valence-corrected chi connectivity index (χ4v) is 2.98. The highest BCUT2D eigenvalue weighted by Crippen LogP contribution is 2.18. The van der Waals surface area contributed by atoms with Crippen molar-refractivity contribution in [2.75, 3.05) is 17.0 Å². The monoisotopic (exact) mass is 270 g/mol. The van der Waals surface area contributed by atoms with Crippen molar-refractivity contribution in [1.82, 2.24) is 0 Å². The minimum absolute atomic E-state index is 0.130. The van der Waals surface area contributed by atoms with Gasteiger partial charge in [-0.15, -0.1) is 0 Å². The van der Waals surface area contributed by atoms with Crippen LogP contribution >= 0.6 is 0 Å². The number of nitrogens with one attached hydrogen (secondary N) is 1. The summed E-state index contributed by atoms with van der Waals surface area (Å²) < 4.78 is 26.4. The highest BCUT2D eigenvalue weighted by atomic mass is 32.2. The maximum absolute atomic E-state index is 11.9. The second kappa shape index (κ2) is 7.38. The van der Waals surface area contributed by atoms with E-state index >= 15 is 0 Å². The van der Waals surface area contributed by atoms with E-state index in [1.54, 1.807) is 0 Å². The third-order valence-electron chi connectivity index (χ3n) is 2.67. The molecule has 1 aromatic rings. The van der Waals surface area contributed by atoms with E-state index in [4.69, 9.17) is 5.73 Å². The summed E-state index contributed by atoms with van der Waals surface area (Å²) in [7, 11) is -3.25. The Kier molecular flexibility index (Phi) is 6.15. The van der Waals surface area contributed by atoms with Gasteiger partial charge in [0.25, 0.3) is 0 Å². The molecule has 0 radical (unpaired) electrons. The molecule has 0 saturated carbocycles.